The second kappa shape index (κ2) is 14.3. The summed E-state index contributed by atoms with van der Waals surface area (Å²) in [6, 6.07) is 11.9. The number of rotatable bonds is 3. The van der Waals surface area contributed by atoms with Crippen LogP contribution >= 0.6 is 11.6 Å². The number of amides is 1. The lowest BCUT2D eigenvalue weighted by atomic mass is 9.62. The fraction of sp³-hybridized carbons (Fsp3) is 0.650. The summed E-state index contributed by atoms with van der Waals surface area (Å²) in [6.45, 7) is 14.1. The van der Waals surface area contributed by atoms with Gasteiger partial charge in [0.05, 0.1) is 27.6 Å². The van der Waals surface area contributed by atoms with Gasteiger partial charge in [0, 0.05) is 67.1 Å². The van der Waals surface area contributed by atoms with Crippen LogP contribution in [0.3, 0.4) is 0 Å². The highest BCUT2D eigenvalue weighted by molar-refractivity contribution is 7.99. The number of fused-ring (bicyclic) bond motifs is 4. The Morgan fingerprint density at radius 2 is 1.82 bits per heavy atom. The fourth-order valence-corrected chi connectivity index (χ4v) is 11.4. The second-order valence-corrected chi connectivity index (χ2v) is 19.1. The average Bonchev–Trinajstić information content (AvgIpc) is 3.22. The molecule has 7 rings (SSSR count). The molecular weight excluding hydrogens is 668 g/mol. The molecule has 2 fully saturated rings. The molecule has 1 amide bonds. The number of nitrogens with one attached hydrogen (secondary N) is 1. The molecule has 5 aliphatic rings. The number of benzene rings is 2. The van der Waals surface area contributed by atoms with Gasteiger partial charge < -0.3 is 19.6 Å². The number of hydrogen-bond acceptors (Lipinski definition) is 7. The quantitative estimate of drug-likeness (QED) is 0.389. The van der Waals surface area contributed by atoms with Crippen molar-refractivity contribution in [2.45, 2.75) is 88.4 Å². The SMILES string of the molecule is C=S1(=O)NC(=O)c2ccc3c(c2)N(C[C@@H]2CC[C@H]2[C@](O)(CN2CCN(CC)CC2)CCC[C@H](C)[C@H]1C)C[C@@]1(CCCc2cc(Cl)ccc21)CO3. The minimum atomic E-state index is -2.94. The predicted octanol–water partition coefficient (Wildman–Crippen LogP) is 5.78. The van der Waals surface area contributed by atoms with E-state index in [-0.39, 0.29) is 28.4 Å². The molecule has 0 aromatic heterocycles. The van der Waals surface area contributed by atoms with Gasteiger partial charge in [-0.3, -0.25) is 14.4 Å². The van der Waals surface area contributed by atoms with Crippen LogP contribution in [0.5, 0.6) is 5.75 Å². The van der Waals surface area contributed by atoms with E-state index >= 15 is 0 Å². The lowest BCUT2D eigenvalue weighted by Gasteiger charge is -2.52. The van der Waals surface area contributed by atoms with E-state index in [4.69, 9.17) is 16.3 Å². The Morgan fingerprint density at radius 3 is 2.56 bits per heavy atom. The van der Waals surface area contributed by atoms with Crippen molar-refractivity contribution in [3.05, 3.63) is 58.1 Å². The maximum atomic E-state index is 14.0. The van der Waals surface area contributed by atoms with Crippen LogP contribution in [0.2, 0.25) is 5.02 Å². The molecule has 2 N–H and O–H groups in total. The van der Waals surface area contributed by atoms with Gasteiger partial charge in [-0.1, -0.05) is 37.9 Å². The summed E-state index contributed by atoms with van der Waals surface area (Å²) in [5.74, 6) is 5.01. The molecule has 0 radical (unpaired) electrons. The smallest absolute Gasteiger partial charge is 0.262 e. The molecule has 10 heteroatoms. The maximum absolute atomic E-state index is 14.0. The van der Waals surface area contributed by atoms with Crippen molar-refractivity contribution in [1.82, 2.24) is 14.5 Å². The molecule has 274 valence electrons. The number of piperazine rings is 1. The first-order valence-electron chi connectivity index (χ1n) is 19.1. The van der Waals surface area contributed by atoms with E-state index < -0.39 is 15.3 Å². The van der Waals surface area contributed by atoms with Gasteiger partial charge in [-0.25, -0.2) is 4.21 Å². The van der Waals surface area contributed by atoms with E-state index in [9.17, 15) is 14.1 Å². The van der Waals surface area contributed by atoms with E-state index in [0.717, 1.165) is 107 Å². The van der Waals surface area contributed by atoms with E-state index in [1.165, 1.54) is 11.1 Å². The number of aliphatic hydroxyl groups is 1. The molecule has 2 bridgehead atoms. The Balaban J connectivity index is 1.27. The zero-order valence-corrected chi connectivity index (χ0v) is 31.9. The first-order valence-corrected chi connectivity index (χ1v) is 21.2. The average molecular weight is 725 g/mol. The summed E-state index contributed by atoms with van der Waals surface area (Å²) in [7, 11) is -2.94. The van der Waals surface area contributed by atoms with Crippen molar-refractivity contribution < 1.29 is 18.8 Å². The van der Waals surface area contributed by atoms with Crippen LogP contribution in [-0.4, -0.2) is 101 Å². The van der Waals surface area contributed by atoms with E-state index in [1.54, 1.807) is 6.07 Å². The molecule has 2 aromatic carbocycles. The monoisotopic (exact) mass is 724 g/mol. The van der Waals surface area contributed by atoms with Crippen molar-refractivity contribution in [2.75, 3.05) is 63.9 Å². The Bertz CT molecular complexity index is 1680. The Kier molecular flexibility index (Phi) is 10.3. The molecule has 50 heavy (non-hydrogen) atoms. The molecule has 1 unspecified atom stereocenters. The van der Waals surface area contributed by atoms with Crippen LogP contribution in [0.4, 0.5) is 5.69 Å². The number of carbonyl (C=O) groups excluding carboxylic acids is 1. The summed E-state index contributed by atoms with van der Waals surface area (Å²) in [4.78, 5) is 21.2. The molecule has 8 nitrogen and oxygen atoms in total. The largest absolute Gasteiger partial charge is 0.490 e. The number of β-amino-alcohol motifs (C(OH)–C–C–N with tert-alkyl or cyclic N) is 1. The van der Waals surface area contributed by atoms with Crippen LogP contribution in [0.15, 0.2) is 36.4 Å². The van der Waals surface area contributed by atoms with Gasteiger partial charge in [-0.15, -0.1) is 0 Å². The molecule has 2 aromatic rings. The fourth-order valence-electron chi connectivity index (χ4n) is 9.71. The van der Waals surface area contributed by atoms with E-state index in [0.29, 0.717) is 31.1 Å². The van der Waals surface area contributed by atoms with Crippen molar-refractivity contribution in [3.63, 3.8) is 0 Å². The van der Waals surface area contributed by atoms with Crippen LogP contribution < -0.4 is 14.4 Å². The van der Waals surface area contributed by atoms with Gasteiger partial charge in [-0.2, -0.15) is 0 Å². The topological polar surface area (TPSA) is 85.3 Å². The zero-order valence-electron chi connectivity index (χ0n) is 30.3. The van der Waals surface area contributed by atoms with Crippen LogP contribution in [-0.2, 0) is 21.5 Å². The molecule has 1 saturated heterocycles. The van der Waals surface area contributed by atoms with Crippen molar-refractivity contribution >= 4 is 38.8 Å². The van der Waals surface area contributed by atoms with Crippen molar-refractivity contribution in [2.24, 2.45) is 17.8 Å². The molecule has 1 saturated carbocycles. The number of hydrogen-bond donors (Lipinski definition) is 2. The standard InChI is InChI=1S/C40H57ClN4O4S/c1-5-43-18-20-44(21-19-43)26-40(47)17-6-8-28(2)29(3)50(4,48)42-38(46)31-11-15-37-36(23-31)45(24-32-10-13-35(32)40)25-39(27-49-37)16-7-9-30-22-33(41)12-14-34(30)39/h11-12,14-15,22-23,28-29,32,35,47H,4-10,13,16-21,24-27H2,1-3H3,(H,42,46,48)/t28-,29+,32-,35+,39-,40+,50?/m0/s1. The third-order valence-corrected chi connectivity index (χ3v) is 15.6. The minimum absolute atomic E-state index is 0.0723. The Hall–Kier alpha value is -2.30. The van der Waals surface area contributed by atoms with E-state index in [1.807, 2.05) is 25.1 Å². The second-order valence-electron chi connectivity index (χ2n) is 16.3. The minimum Gasteiger partial charge on any atom is -0.490 e. The molecular formula is C40H57ClN4O4S. The van der Waals surface area contributed by atoms with Gasteiger partial charge in [0.25, 0.3) is 5.91 Å². The van der Waals surface area contributed by atoms with Crippen LogP contribution in [0.25, 0.3) is 0 Å². The number of carbonyl (C=O) groups is 1. The lowest BCUT2D eigenvalue weighted by Crippen LogP contribution is -2.59. The number of aryl methyl sites for hydroxylation is 1. The van der Waals surface area contributed by atoms with Crippen molar-refractivity contribution in [3.8, 4) is 5.75 Å². The van der Waals surface area contributed by atoms with Gasteiger partial charge in [-0.05, 0) is 123 Å². The third-order valence-electron chi connectivity index (χ3n) is 13.2. The van der Waals surface area contributed by atoms with Gasteiger partial charge in [0.15, 0.2) is 0 Å². The van der Waals surface area contributed by atoms with E-state index in [2.05, 4.69) is 51.3 Å². The lowest BCUT2D eigenvalue weighted by molar-refractivity contribution is -0.109. The highest BCUT2D eigenvalue weighted by atomic mass is 35.5. The van der Waals surface area contributed by atoms with Crippen LogP contribution in [0, 0.1) is 17.8 Å². The summed E-state index contributed by atoms with van der Waals surface area (Å²) in [5, 5.41) is 13.3. The summed E-state index contributed by atoms with van der Waals surface area (Å²) >= 11 is 6.49. The number of likely N-dealkylation sites (N-methyl/N-ethyl adjacent to an activating group) is 1. The normalized spacial score (nSPS) is 35.6. The number of nitrogens with zero attached hydrogens (tertiary/aromatic N) is 3. The first-order chi connectivity index (χ1) is 23.9. The summed E-state index contributed by atoms with van der Waals surface area (Å²) in [6.07, 6.45) is 7.52. The Morgan fingerprint density at radius 1 is 1.04 bits per heavy atom. The number of ether oxygens (including phenoxy) is 1. The molecule has 3 aliphatic heterocycles. The highest BCUT2D eigenvalue weighted by Crippen LogP contribution is 2.49. The molecule has 7 atom stereocenters. The third kappa shape index (κ3) is 7.06. The summed E-state index contributed by atoms with van der Waals surface area (Å²) in [5.41, 5.74) is 2.91. The first kappa shape index (κ1) is 36.1. The zero-order chi connectivity index (χ0) is 35.3. The van der Waals surface area contributed by atoms with Crippen molar-refractivity contribution in [1.29, 1.82) is 0 Å². The Labute approximate surface area is 305 Å². The molecule has 3 heterocycles. The van der Waals surface area contributed by atoms with Crippen LogP contribution in [0.1, 0.15) is 87.2 Å². The van der Waals surface area contributed by atoms with Gasteiger partial charge >= 0.3 is 0 Å². The predicted molar refractivity (Wildman–Crippen MR) is 205 cm³/mol. The summed E-state index contributed by atoms with van der Waals surface area (Å²) < 4.78 is 23.5. The maximum Gasteiger partial charge on any atom is 0.262 e. The van der Waals surface area contributed by atoms with Gasteiger partial charge in [0.1, 0.15) is 5.75 Å². The molecule has 1 spiro atoms. The molecule has 2 aliphatic carbocycles. The number of anilines is 1. The number of halogens is 1. The van der Waals surface area contributed by atoms with Gasteiger partial charge in [0.2, 0.25) is 0 Å². The highest BCUT2D eigenvalue weighted by Gasteiger charge is 2.49.